The Morgan fingerprint density at radius 1 is 1.45 bits per heavy atom. The van der Waals surface area contributed by atoms with Gasteiger partial charge in [0.2, 0.25) is 0 Å². The first-order valence-corrected chi connectivity index (χ1v) is 3.71. The van der Waals surface area contributed by atoms with Gasteiger partial charge in [0.05, 0.1) is 4.47 Å². The second-order valence-electron chi connectivity index (χ2n) is 2.02. The lowest BCUT2D eigenvalue weighted by Gasteiger charge is -1.90. The molecule has 0 bridgehead atoms. The molecule has 2 aromatic rings. The summed E-state index contributed by atoms with van der Waals surface area (Å²) in [6.45, 7) is 0. The summed E-state index contributed by atoms with van der Waals surface area (Å²) in [5, 5.41) is 0. The van der Waals surface area contributed by atoms with E-state index in [0.29, 0.717) is 16.9 Å². The number of halogens is 1. The molecule has 0 saturated heterocycles. The number of nitrogens with two attached hydrogens (primary N) is 1. The van der Waals surface area contributed by atoms with E-state index in [1.165, 1.54) is 12.6 Å². The fourth-order valence-corrected chi connectivity index (χ4v) is 1.22. The summed E-state index contributed by atoms with van der Waals surface area (Å²) < 4.78 is 5.88. The highest BCUT2D eigenvalue weighted by atomic mass is 79.9. The average Bonchev–Trinajstić information content (AvgIpc) is 2.35. The van der Waals surface area contributed by atoms with Gasteiger partial charge in [-0.2, -0.15) is 0 Å². The zero-order chi connectivity index (χ0) is 7.84. The molecule has 0 spiro atoms. The molecule has 2 aromatic heterocycles. The highest BCUT2D eigenvalue weighted by molar-refractivity contribution is 9.10. The Labute approximate surface area is 70.6 Å². The van der Waals surface area contributed by atoms with Crippen molar-refractivity contribution in [3.8, 4) is 0 Å². The summed E-state index contributed by atoms with van der Waals surface area (Å²) in [6, 6.07) is 0. The van der Waals surface area contributed by atoms with Crippen LogP contribution in [-0.2, 0) is 0 Å². The van der Waals surface area contributed by atoms with Gasteiger partial charge in [0.1, 0.15) is 18.1 Å². The van der Waals surface area contributed by atoms with Gasteiger partial charge in [-0.3, -0.25) is 0 Å². The van der Waals surface area contributed by atoms with Crippen molar-refractivity contribution in [1.82, 2.24) is 9.97 Å². The fraction of sp³-hybridized carbons (Fsp3) is 0. The topological polar surface area (TPSA) is 64.9 Å². The third kappa shape index (κ3) is 0.883. The number of nitrogen functional groups attached to an aromatic ring is 1. The van der Waals surface area contributed by atoms with Crippen LogP contribution in [-0.4, -0.2) is 9.97 Å². The van der Waals surface area contributed by atoms with Crippen molar-refractivity contribution >= 4 is 32.8 Å². The molecular formula is C6H4BrN3O. The molecule has 0 amide bonds. The van der Waals surface area contributed by atoms with Crippen LogP contribution in [0.15, 0.2) is 21.5 Å². The Hall–Kier alpha value is -1.10. The number of aromatic nitrogens is 2. The van der Waals surface area contributed by atoms with Crippen LogP contribution in [0.25, 0.3) is 11.1 Å². The van der Waals surface area contributed by atoms with E-state index in [1.54, 1.807) is 0 Å². The van der Waals surface area contributed by atoms with E-state index in [9.17, 15) is 0 Å². The number of furan rings is 1. The van der Waals surface area contributed by atoms with Crippen molar-refractivity contribution in [1.29, 1.82) is 0 Å². The number of fused-ring (bicyclic) bond motifs is 1. The van der Waals surface area contributed by atoms with Gasteiger partial charge in [0.15, 0.2) is 11.4 Å². The summed E-state index contributed by atoms with van der Waals surface area (Å²) in [5.74, 6) is 0.362. The van der Waals surface area contributed by atoms with Crippen LogP contribution < -0.4 is 5.73 Å². The molecule has 0 aliphatic rings. The van der Waals surface area contributed by atoms with Gasteiger partial charge in [0.25, 0.3) is 0 Å². The van der Waals surface area contributed by atoms with Crippen LogP contribution in [0.1, 0.15) is 0 Å². The van der Waals surface area contributed by atoms with E-state index in [0.717, 1.165) is 4.47 Å². The van der Waals surface area contributed by atoms with Crippen molar-refractivity contribution in [2.75, 3.05) is 5.73 Å². The van der Waals surface area contributed by atoms with Crippen molar-refractivity contribution in [2.24, 2.45) is 0 Å². The Balaban J connectivity index is 2.94. The minimum Gasteiger partial charge on any atom is -0.458 e. The molecule has 0 saturated carbocycles. The maximum Gasteiger partial charge on any atom is 0.195 e. The van der Waals surface area contributed by atoms with Crippen LogP contribution in [0.2, 0.25) is 0 Å². The molecule has 4 nitrogen and oxygen atoms in total. The van der Waals surface area contributed by atoms with E-state index in [2.05, 4.69) is 25.9 Å². The van der Waals surface area contributed by atoms with E-state index < -0.39 is 0 Å². The van der Waals surface area contributed by atoms with E-state index in [4.69, 9.17) is 10.2 Å². The smallest absolute Gasteiger partial charge is 0.195 e. The molecule has 56 valence electrons. The lowest BCUT2D eigenvalue weighted by atomic mass is 10.4. The van der Waals surface area contributed by atoms with Crippen LogP contribution in [0.3, 0.4) is 0 Å². The highest BCUT2D eigenvalue weighted by Crippen LogP contribution is 2.25. The Morgan fingerprint density at radius 2 is 2.27 bits per heavy atom. The molecule has 0 radical (unpaired) electrons. The largest absolute Gasteiger partial charge is 0.458 e. The first kappa shape index (κ1) is 6.60. The predicted octanol–water partition coefficient (Wildman–Crippen LogP) is 1.57. The molecule has 0 aromatic carbocycles. The van der Waals surface area contributed by atoms with Crippen molar-refractivity contribution < 1.29 is 4.42 Å². The third-order valence-corrected chi connectivity index (χ3v) is 1.90. The van der Waals surface area contributed by atoms with Crippen molar-refractivity contribution in [3.05, 3.63) is 17.1 Å². The highest BCUT2D eigenvalue weighted by Gasteiger charge is 2.06. The molecule has 0 aliphatic heterocycles. The number of anilines is 1. The minimum atomic E-state index is 0.362. The minimum absolute atomic E-state index is 0.362. The lowest BCUT2D eigenvalue weighted by Crippen LogP contribution is -1.90. The Kier molecular flexibility index (Phi) is 1.32. The summed E-state index contributed by atoms with van der Waals surface area (Å²) in [4.78, 5) is 7.74. The second kappa shape index (κ2) is 2.20. The quantitative estimate of drug-likeness (QED) is 0.722. The van der Waals surface area contributed by atoms with Gasteiger partial charge in [-0.05, 0) is 15.9 Å². The van der Waals surface area contributed by atoms with Gasteiger partial charge in [0, 0.05) is 0 Å². The molecule has 11 heavy (non-hydrogen) atoms. The predicted molar refractivity (Wildman–Crippen MR) is 43.9 cm³/mol. The van der Waals surface area contributed by atoms with E-state index in [-0.39, 0.29) is 0 Å². The maximum atomic E-state index is 5.50. The molecule has 2 rings (SSSR count). The fourth-order valence-electron chi connectivity index (χ4n) is 0.840. The lowest BCUT2D eigenvalue weighted by molar-refractivity contribution is 0.613. The molecule has 2 N–H and O–H groups in total. The molecule has 5 heteroatoms. The summed E-state index contributed by atoms with van der Waals surface area (Å²) in [6.07, 6.45) is 2.94. The van der Waals surface area contributed by atoms with E-state index in [1.807, 2.05) is 0 Å². The van der Waals surface area contributed by atoms with Gasteiger partial charge in [-0.1, -0.05) is 0 Å². The third-order valence-electron chi connectivity index (χ3n) is 1.34. The summed E-state index contributed by atoms with van der Waals surface area (Å²) in [5.41, 5.74) is 6.74. The van der Waals surface area contributed by atoms with Crippen LogP contribution in [0.4, 0.5) is 5.82 Å². The zero-order valence-corrected chi connectivity index (χ0v) is 7.00. The van der Waals surface area contributed by atoms with Crippen LogP contribution >= 0.6 is 15.9 Å². The average molecular weight is 214 g/mol. The summed E-state index contributed by atoms with van der Waals surface area (Å²) in [7, 11) is 0. The molecule has 2 heterocycles. The van der Waals surface area contributed by atoms with Crippen LogP contribution in [0.5, 0.6) is 0 Å². The van der Waals surface area contributed by atoms with E-state index >= 15 is 0 Å². The second-order valence-corrected chi connectivity index (χ2v) is 2.87. The zero-order valence-electron chi connectivity index (χ0n) is 5.41. The number of hydrogen-bond donors (Lipinski definition) is 1. The van der Waals surface area contributed by atoms with Gasteiger partial charge in [-0.15, -0.1) is 0 Å². The number of nitrogens with zero attached hydrogens (tertiary/aromatic N) is 2. The molecule has 0 atom stereocenters. The van der Waals surface area contributed by atoms with Gasteiger partial charge >= 0.3 is 0 Å². The summed E-state index contributed by atoms with van der Waals surface area (Å²) >= 11 is 3.26. The maximum absolute atomic E-state index is 5.50. The first-order valence-electron chi connectivity index (χ1n) is 2.92. The Bertz CT molecular complexity index is 398. The van der Waals surface area contributed by atoms with Crippen molar-refractivity contribution in [3.63, 3.8) is 0 Å². The molecule has 0 unspecified atom stereocenters. The monoisotopic (exact) mass is 213 g/mol. The standard InChI is InChI=1S/C6H4BrN3O/c7-3-1-11-5-4(3)9-2-10-6(5)8/h1-2H,(H2,8,9,10). The molecule has 0 fully saturated rings. The normalized spacial score (nSPS) is 10.6. The van der Waals surface area contributed by atoms with Gasteiger partial charge < -0.3 is 10.2 Å². The SMILES string of the molecule is Nc1ncnc2c(Br)coc12. The number of rotatable bonds is 0. The Morgan fingerprint density at radius 3 is 3.00 bits per heavy atom. The number of hydrogen-bond acceptors (Lipinski definition) is 4. The molecular weight excluding hydrogens is 210 g/mol. The molecule has 0 aliphatic carbocycles. The van der Waals surface area contributed by atoms with Gasteiger partial charge in [-0.25, -0.2) is 9.97 Å². The first-order chi connectivity index (χ1) is 5.29. The van der Waals surface area contributed by atoms with Crippen molar-refractivity contribution in [2.45, 2.75) is 0 Å². The van der Waals surface area contributed by atoms with Crippen LogP contribution in [0, 0.1) is 0 Å².